The molecule has 28 heavy (non-hydrogen) atoms. The second-order valence-electron chi connectivity index (χ2n) is 5.95. The highest BCUT2D eigenvalue weighted by Gasteiger charge is 2.12. The van der Waals surface area contributed by atoms with Crippen molar-refractivity contribution in [2.45, 2.75) is 0 Å². The summed E-state index contributed by atoms with van der Waals surface area (Å²) in [7, 11) is 3.03. The van der Waals surface area contributed by atoms with Crippen molar-refractivity contribution in [1.29, 1.82) is 0 Å². The van der Waals surface area contributed by atoms with Crippen LogP contribution in [0.1, 0.15) is 0 Å². The molecule has 0 fully saturated rings. The number of pyridine rings is 1. The summed E-state index contributed by atoms with van der Waals surface area (Å²) in [5.41, 5.74) is 2.00. The predicted molar refractivity (Wildman–Crippen MR) is 105 cm³/mol. The van der Waals surface area contributed by atoms with Crippen LogP contribution in [0.4, 0.5) is 0 Å². The number of hydrogen-bond acceptors (Lipinski definition) is 6. The Morgan fingerprint density at radius 1 is 0.964 bits per heavy atom. The Hall–Kier alpha value is -3.87. The lowest BCUT2D eigenvalue weighted by Crippen LogP contribution is -2.04. The molecule has 0 aliphatic rings. The summed E-state index contributed by atoms with van der Waals surface area (Å²) in [6.45, 7) is 0. The molecule has 140 valence electrons. The molecule has 7 heteroatoms. The van der Waals surface area contributed by atoms with E-state index in [9.17, 15) is 4.79 Å². The zero-order valence-corrected chi connectivity index (χ0v) is 15.3. The molecule has 2 heterocycles. The van der Waals surface area contributed by atoms with Gasteiger partial charge in [0.2, 0.25) is 5.88 Å². The Morgan fingerprint density at radius 3 is 2.64 bits per heavy atom. The van der Waals surface area contributed by atoms with Crippen LogP contribution in [0.3, 0.4) is 0 Å². The van der Waals surface area contributed by atoms with E-state index in [4.69, 9.17) is 14.2 Å². The number of aromatic amines is 1. The largest absolute Gasteiger partial charge is 0.480 e. The molecule has 1 N–H and O–H groups in total. The van der Waals surface area contributed by atoms with Gasteiger partial charge < -0.3 is 19.2 Å². The van der Waals surface area contributed by atoms with Crippen LogP contribution < -0.4 is 19.8 Å². The third kappa shape index (κ3) is 3.37. The van der Waals surface area contributed by atoms with E-state index in [1.54, 1.807) is 6.20 Å². The molecular formula is C21H17N3O4. The zero-order valence-electron chi connectivity index (χ0n) is 15.3. The van der Waals surface area contributed by atoms with Crippen LogP contribution in [-0.4, -0.2) is 29.2 Å². The highest BCUT2D eigenvalue weighted by molar-refractivity contribution is 5.85. The molecule has 0 amide bonds. The summed E-state index contributed by atoms with van der Waals surface area (Å²) in [6.07, 6.45) is 1.63. The molecule has 0 unspecified atom stereocenters. The van der Waals surface area contributed by atoms with E-state index in [1.807, 2.05) is 48.5 Å². The Labute approximate surface area is 160 Å². The molecule has 2 aromatic heterocycles. The molecule has 0 saturated carbocycles. The average Bonchev–Trinajstić information content (AvgIpc) is 2.73. The van der Waals surface area contributed by atoms with Gasteiger partial charge >= 0.3 is 6.01 Å². The number of nitrogens with zero attached hydrogens (tertiary/aromatic N) is 2. The highest BCUT2D eigenvalue weighted by atomic mass is 16.5. The minimum absolute atomic E-state index is 0.225. The van der Waals surface area contributed by atoms with Gasteiger partial charge in [0.1, 0.15) is 11.5 Å². The zero-order chi connectivity index (χ0) is 19.5. The summed E-state index contributed by atoms with van der Waals surface area (Å²) in [5.74, 6) is 1.45. The number of methoxy groups -OCH3 is 2. The van der Waals surface area contributed by atoms with Crippen molar-refractivity contribution in [3.05, 3.63) is 71.1 Å². The van der Waals surface area contributed by atoms with Crippen molar-refractivity contribution in [2.24, 2.45) is 0 Å². The fourth-order valence-corrected chi connectivity index (χ4v) is 2.91. The SMILES string of the molecule is COc1ncc(-c2cccc(Oc3cc(=O)[nH]c4ccccc34)c2)c(OC)n1. The Morgan fingerprint density at radius 2 is 1.82 bits per heavy atom. The molecule has 0 bridgehead atoms. The molecule has 0 saturated heterocycles. The van der Waals surface area contributed by atoms with Gasteiger partial charge in [-0.2, -0.15) is 4.98 Å². The smallest absolute Gasteiger partial charge is 0.319 e. The molecule has 7 nitrogen and oxygen atoms in total. The van der Waals surface area contributed by atoms with E-state index >= 15 is 0 Å². The first kappa shape index (κ1) is 17.5. The maximum absolute atomic E-state index is 11.9. The van der Waals surface area contributed by atoms with Gasteiger partial charge in [-0.1, -0.05) is 24.3 Å². The molecule has 0 atom stereocenters. The first-order valence-corrected chi connectivity index (χ1v) is 8.53. The maximum atomic E-state index is 11.9. The monoisotopic (exact) mass is 375 g/mol. The number of hydrogen-bond donors (Lipinski definition) is 1. The van der Waals surface area contributed by atoms with Gasteiger partial charge in [-0.3, -0.25) is 4.79 Å². The van der Waals surface area contributed by atoms with Crippen LogP contribution in [0.15, 0.2) is 65.6 Å². The van der Waals surface area contributed by atoms with Gasteiger partial charge in [0.25, 0.3) is 5.56 Å². The van der Waals surface area contributed by atoms with E-state index in [-0.39, 0.29) is 11.6 Å². The first-order valence-electron chi connectivity index (χ1n) is 8.53. The summed E-state index contributed by atoms with van der Waals surface area (Å²) >= 11 is 0. The summed E-state index contributed by atoms with van der Waals surface area (Å²) < 4.78 is 16.4. The second-order valence-corrected chi connectivity index (χ2v) is 5.95. The van der Waals surface area contributed by atoms with Crippen LogP contribution in [0.25, 0.3) is 22.0 Å². The summed E-state index contributed by atoms with van der Waals surface area (Å²) in [4.78, 5) is 23.1. The van der Waals surface area contributed by atoms with Gasteiger partial charge in [0, 0.05) is 17.6 Å². The quantitative estimate of drug-likeness (QED) is 0.571. The predicted octanol–water partition coefficient (Wildman–Crippen LogP) is 3.79. The van der Waals surface area contributed by atoms with Crippen LogP contribution in [0.5, 0.6) is 23.4 Å². The van der Waals surface area contributed by atoms with Gasteiger partial charge in [0.15, 0.2) is 0 Å². The van der Waals surface area contributed by atoms with Gasteiger partial charge in [-0.05, 0) is 29.8 Å². The molecule has 0 aliphatic carbocycles. The third-order valence-corrected chi connectivity index (χ3v) is 4.19. The second kappa shape index (κ2) is 7.40. The van der Waals surface area contributed by atoms with E-state index in [0.29, 0.717) is 28.5 Å². The average molecular weight is 375 g/mol. The summed E-state index contributed by atoms with van der Waals surface area (Å²) in [6, 6.07) is 16.5. The number of ether oxygens (including phenoxy) is 3. The lowest BCUT2D eigenvalue weighted by molar-refractivity contribution is 0.353. The van der Waals surface area contributed by atoms with E-state index in [0.717, 1.165) is 10.9 Å². The minimum Gasteiger partial charge on any atom is -0.480 e. The van der Waals surface area contributed by atoms with Crippen LogP contribution >= 0.6 is 0 Å². The van der Waals surface area contributed by atoms with Crippen LogP contribution in [0.2, 0.25) is 0 Å². The van der Waals surface area contributed by atoms with Crippen molar-refractivity contribution < 1.29 is 14.2 Å². The summed E-state index contributed by atoms with van der Waals surface area (Å²) in [5, 5.41) is 0.817. The molecule has 0 spiro atoms. The maximum Gasteiger partial charge on any atom is 0.319 e. The number of rotatable bonds is 5. The molecular weight excluding hydrogens is 358 g/mol. The van der Waals surface area contributed by atoms with Crippen LogP contribution in [0, 0.1) is 0 Å². The molecule has 4 aromatic rings. The minimum atomic E-state index is -0.227. The third-order valence-electron chi connectivity index (χ3n) is 4.19. The van der Waals surface area contributed by atoms with Crippen molar-refractivity contribution in [3.8, 4) is 34.5 Å². The number of nitrogens with one attached hydrogen (secondary N) is 1. The number of fused-ring (bicyclic) bond motifs is 1. The Kier molecular flexibility index (Phi) is 4.63. The van der Waals surface area contributed by atoms with Crippen LogP contribution in [-0.2, 0) is 0 Å². The Balaban J connectivity index is 1.74. The van der Waals surface area contributed by atoms with Gasteiger partial charge in [-0.25, -0.2) is 4.98 Å². The molecule has 0 radical (unpaired) electrons. The fourth-order valence-electron chi connectivity index (χ4n) is 2.91. The number of aromatic nitrogens is 3. The van der Waals surface area contributed by atoms with Crippen molar-refractivity contribution in [3.63, 3.8) is 0 Å². The Bertz CT molecular complexity index is 1200. The van der Waals surface area contributed by atoms with Gasteiger partial charge in [-0.15, -0.1) is 0 Å². The van der Waals surface area contributed by atoms with Crippen molar-refractivity contribution in [2.75, 3.05) is 14.2 Å². The normalized spacial score (nSPS) is 10.6. The van der Waals surface area contributed by atoms with E-state index in [1.165, 1.54) is 20.3 Å². The van der Waals surface area contributed by atoms with Gasteiger partial charge in [0.05, 0.1) is 25.3 Å². The lowest BCUT2D eigenvalue weighted by Gasteiger charge is -2.11. The molecule has 0 aliphatic heterocycles. The van der Waals surface area contributed by atoms with Crippen molar-refractivity contribution in [1.82, 2.24) is 15.0 Å². The number of para-hydroxylation sites is 1. The van der Waals surface area contributed by atoms with Crippen molar-refractivity contribution >= 4 is 10.9 Å². The molecule has 2 aromatic carbocycles. The lowest BCUT2D eigenvalue weighted by atomic mass is 10.1. The standard InChI is InChI=1S/C21H17N3O4/c1-26-20-16(12-22-21(24-20)27-2)13-6-5-7-14(10-13)28-18-11-19(25)23-17-9-4-3-8-15(17)18/h3-12H,1-2H3,(H,23,25). The number of benzene rings is 2. The fraction of sp³-hybridized carbons (Fsp3) is 0.0952. The first-order chi connectivity index (χ1) is 13.7. The van der Waals surface area contributed by atoms with E-state index < -0.39 is 0 Å². The topological polar surface area (TPSA) is 86.3 Å². The highest BCUT2D eigenvalue weighted by Crippen LogP contribution is 2.33. The molecule has 4 rings (SSSR count). The van der Waals surface area contributed by atoms with E-state index in [2.05, 4.69) is 15.0 Å². The number of H-pyrrole nitrogens is 1.